The fourth-order valence-electron chi connectivity index (χ4n) is 1.31. The zero-order valence-corrected chi connectivity index (χ0v) is 10.0. The minimum absolute atomic E-state index is 0.0131. The number of nitrogens with one attached hydrogen (secondary N) is 1. The summed E-state index contributed by atoms with van der Waals surface area (Å²) < 4.78 is 31.2. The lowest BCUT2D eigenvalue weighted by molar-refractivity contribution is 0.413. The summed E-state index contributed by atoms with van der Waals surface area (Å²) in [5.41, 5.74) is 0.0597. The minimum Gasteiger partial charge on any atom is -0.491 e. The molecule has 0 aliphatic rings. The number of nitrogens with zero attached hydrogens (tertiary/aromatic N) is 2. The molecule has 0 radical (unpaired) electrons. The van der Waals surface area contributed by atoms with Gasteiger partial charge in [0.05, 0.1) is 19.0 Å². The Morgan fingerprint density at radius 3 is 2.78 bits per heavy atom. The molecule has 0 fully saturated rings. The lowest BCUT2D eigenvalue weighted by Gasteiger charge is -2.10. The molecule has 18 heavy (non-hydrogen) atoms. The van der Waals surface area contributed by atoms with E-state index in [4.69, 9.17) is 16.3 Å². The number of benzene rings is 1. The maximum Gasteiger partial charge on any atom is 0.224 e. The second-order valence-corrected chi connectivity index (χ2v) is 3.64. The van der Waals surface area contributed by atoms with Crippen molar-refractivity contribution in [2.24, 2.45) is 0 Å². The molecule has 1 heterocycles. The maximum atomic E-state index is 13.5. The number of aromatic nitrogens is 2. The molecule has 1 aromatic carbocycles. The van der Waals surface area contributed by atoms with Crippen molar-refractivity contribution < 1.29 is 13.5 Å². The summed E-state index contributed by atoms with van der Waals surface area (Å²) in [5, 5.41) is 2.64. The molecule has 0 saturated carbocycles. The number of methoxy groups -OCH3 is 1. The smallest absolute Gasteiger partial charge is 0.224 e. The highest BCUT2D eigenvalue weighted by molar-refractivity contribution is 6.28. The number of halogens is 3. The standard InChI is InChI=1S/C11H8ClF2N3O/c1-18-9-5-15-11(12)17-10(9)16-8-3-2-6(13)4-7(8)14/h2-5H,1H3,(H,15,16,17). The van der Waals surface area contributed by atoms with Gasteiger partial charge in [0.15, 0.2) is 11.6 Å². The van der Waals surface area contributed by atoms with E-state index in [2.05, 4.69) is 15.3 Å². The van der Waals surface area contributed by atoms with Gasteiger partial charge in [0.2, 0.25) is 5.28 Å². The molecule has 0 unspecified atom stereocenters. The fraction of sp³-hybridized carbons (Fsp3) is 0.0909. The zero-order chi connectivity index (χ0) is 13.1. The highest BCUT2D eigenvalue weighted by atomic mass is 35.5. The van der Waals surface area contributed by atoms with Crippen molar-refractivity contribution in [3.8, 4) is 5.75 Å². The molecule has 0 amide bonds. The highest BCUT2D eigenvalue weighted by Crippen LogP contribution is 2.27. The summed E-state index contributed by atoms with van der Waals surface area (Å²) in [5.74, 6) is -0.913. The van der Waals surface area contributed by atoms with E-state index in [1.807, 2.05) is 0 Å². The van der Waals surface area contributed by atoms with Crippen molar-refractivity contribution in [1.29, 1.82) is 0 Å². The molecule has 0 atom stereocenters. The topological polar surface area (TPSA) is 47.0 Å². The third-order valence-electron chi connectivity index (χ3n) is 2.13. The second kappa shape index (κ2) is 5.14. The van der Waals surface area contributed by atoms with E-state index in [0.29, 0.717) is 5.75 Å². The molecule has 0 spiro atoms. The van der Waals surface area contributed by atoms with E-state index < -0.39 is 11.6 Å². The van der Waals surface area contributed by atoms with Crippen molar-refractivity contribution in [2.45, 2.75) is 0 Å². The quantitative estimate of drug-likeness (QED) is 0.871. The molecule has 0 aliphatic heterocycles. The van der Waals surface area contributed by atoms with Gasteiger partial charge in [0, 0.05) is 6.07 Å². The average molecular weight is 272 g/mol. The van der Waals surface area contributed by atoms with E-state index in [1.165, 1.54) is 19.4 Å². The number of hydrogen-bond acceptors (Lipinski definition) is 4. The van der Waals surface area contributed by atoms with Gasteiger partial charge in [-0.1, -0.05) is 0 Å². The normalized spacial score (nSPS) is 10.2. The molecule has 2 rings (SSSR count). The second-order valence-electron chi connectivity index (χ2n) is 3.31. The predicted octanol–water partition coefficient (Wildman–Crippen LogP) is 3.16. The van der Waals surface area contributed by atoms with Crippen LogP contribution in [-0.4, -0.2) is 17.1 Å². The Balaban J connectivity index is 2.36. The monoisotopic (exact) mass is 271 g/mol. The van der Waals surface area contributed by atoms with Crippen LogP contribution in [0.4, 0.5) is 20.3 Å². The SMILES string of the molecule is COc1cnc(Cl)nc1Nc1ccc(F)cc1F. The molecular formula is C11H8ClF2N3O. The Bertz CT molecular complexity index is 580. The van der Waals surface area contributed by atoms with Crippen LogP contribution < -0.4 is 10.1 Å². The Morgan fingerprint density at radius 1 is 1.33 bits per heavy atom. The molecular weight excluding hydrogens is 264 g/mol. The highest BCUT2D eigenvalue weighted by Gasteiger charge is 2.10. The zero-order valence-electron chi connectivity index (χ0n) is 9.25. The van der Waals surface area contributed by atoms with Gasteiger partial charge in [0.25, 0.3) is 0 Å². The first-order valence-electron chi connectivity index (χ1n) is 4.89. The van der Waals surface area contributed by atoms with Gasteiger partial charge in [0.1, 0.15) is 11.6 Å². The molecule has 1 N–H and O–H groups in total. The number of hydrogen-bond donors (Lipinski definition) is 1. The van der Waals surface area contributed by atoms with Crippen molar-refractivity contribution >= 4 is 23.1 Å². The first-order chi connectivity index (χ1) is 8.60. The first-order valence-corrected chi connectivity index (χ1v) is 5.26. The van der Waals surface area contributed by atoms with E-state index in [9.17, 15) is 8.78 Å². The lowest BCUT2D eigenvalue weighted by Crippen LogP contribution is -2.01. The molecule has 2 aromatic rings. The van der Waals surface area contributed by atoms with Gasteiger partial charge in [-0.3, -0.25) is 0 Å². The Kier molecular flexibility index (Phi) is 3.57. The van der Waals surface area contributed by atoms with Crippen molar-refractivity contribution in [2.75, 3.05) is 12.4 Å². The Labute approximate surface area is 107 Å². The summed E-state index contributed by atoms with van der Waals surface area (Å²) in [6.45, 7) is 0. The van der Waals surface area contributed by atoms with E-state index >= 15 is 0 Å². The molecule has 7 heteroatoms. The average Bonchev–Trinajstić information content (AvgIpc) is 2.33. The summed E-state index contributed by atoms with van der Waals surface area (Å²) >= 11 is 5.63. The molecule has 0 aliphatic carbocycles. The summed E-state index contributed by atoms with van der Waals surface area (Å²) in [4.78, 5) is 7.58. The van der Waals surface area contributed by atoms with Gasteiger partial charge < -0.3 is 10.1 Å². The third kappa shape index (κ3) is 2.65. The molecule has 0 bridgehead atoms. The van der Waals surface area contributed by atoms with Crippen LogP contribution >= 0.6 is 11.6 Å². The van der Waals surface area contributed by atoms with Crippen LogP contribution in [0.3, 0.4) is 0 Å². The van der Waals surface area contributed by atoms with E-state index in [1.54, 1.807) is 0 Å². The fourth-order valence-corrected chi connectivity index (χ4v) is 1.44. The maximum absolute atomic E-state index is 13.5. The Morgan fingerprint density at radius 2 is 2.11 bits per heavy atom. The van der Waals surface area contributed by atoms with Gasteiger partial charge >= 0.3 is 0 Å². The first kappa shape index (κ1) is 12.5. The molecule has 0 saturated heterocycles. The van der Waals surface area contributed by atoms with Crippen LogP contribution in [0.2, 0.25) is 5.28 Å². The van der Waals surface area contributed by atoms with Crippen molar-refractivity contribution in [3.63, 3.8) is 0 Å². The third-order valence-corrected chi connectivity index (χ3v) is 2.31. The van der Waals surface area contributed by atoms with Crippen LogP contribution in [0.1, 0.15) is 0 Å². The number of rotatable bonds is 3. The van der Waals surface area contributed by atoms with Crippen LogP contribution in [0.5, 0.6) is 5.75 Å². The minimum atomic E-state index is -0.744. The van der Waals surface area contributed by atoms with E-state index in [0.717, 1.165) is 12.1 Å². The van der Waals surface area contributed by atoms with Gasteiger partial charge in [-0.15, -0.1) is 0 Å². The number of ether oxygens (including phenoxy) is 1. The summed E-state index contributed by atoms with van der Waals surface area (Å²) in [6, 6.07) is 3.14. The lowest BCUT2D eigenvalue weighted by atomic mass is 10.3. The van der Waals surface area contributed by atoms with Gasteiger partial charge in [-0.25, -0.2) is 13.8 Å². The predicted molar refractivity (Wildman–Crippen MR) is 63.2 cm³/mol. The summed E-state index contributed by atoms with van der Waals surface area (Å²) in [6.07, 6.45) is 1.35. The van der Waals surface area contributed by atoms with Gasteiger partial charge in [-0.2, -0.15) is 4.98 Å². The van der Waals surface area contributed by atoms with Crippen LogP contribution in [0.15, 0.2) is 24.4 Å². The van der Waals surface area contributed by atoms with E-state index in [-0.39, 0.29) is 16.8 Å². The number of anilines is 2. The molecule has 94 valence electrons. The van der Waals surface area contributed by atoms with Crippen molar-refractivity contribution in [1.82, 2.24) is 9.97 Å². The van der Waals surface area contributed by atoms with Crippen LogP contribution in [0, 0.1) is 11.6 Å². The van der Waals surface area contributed by atoms with Crippen LogP contribution in [0.25, 0.3) is 0 Å². The summed E-state index contributed by atoms with van der Waals surface area (Å²) in [7, 11) is 1.42. The van der Waals surface area contributed by atoms with Crippen LogP contribution in [-0.2, 0) is 0 Å². The van der Waals surface area contributed by atoms with Crippen molar-refractivity contribution in [3.05, 3.63) is 41.3 Å². The largest absolute Gasteiger partial charge is 0.491 e. The van der Waals surface area contributed by atoms with Gasteiger partial charge in [-0.05, 0) is 23.7 Å². The molecule has 1 aromatic heterocycles. The Hall–Kier alpha value is -1.95. The molecule has 4 nitrogen and oxygen atoms in total.